The van der Waals surface area contributed by atoms with Crippen molar-refractivity contribution in [3.05, 3.63) is 0 Å². The van der Waals surface area contributed by atoms with E-state index in [2.05, 4.69) is 0 Å². The monoisotopic (exact) mass is 200 g/mol. The molecule has 0 amide bonds. The fraction of sp³-hybridized carbons (Fsp3) is 0.800. The molecule has 4 nitrogen and oxygen atoms in total. The highest BCUT2D eigenvalue weighted by molar-refractivity contribution is 6.00. The minimum atomic E-state index is -0.716. The van der Waals surface area contributed by atoms with Gasteiger partial charge in [-0.25, -0.2) is 0 Å². The van der Waals surface area contributed by atoms with Gasteiger partial charge in [0.25, 0.3) is 0 Å². The maximum absolute atomic E-state index is 11.6. The van der Waals surface area contributed by atoms with E-state index in [1.165, 1.54) is 0 Å². The molecule has 1 fully saturated rings. The van der Waals surface area contributed by atoms with Crippen LogP contribution in [0.25, 0.3) is 0 Å². The Morgan fingerprint density at radius 2 is 2.36 bits per heavy atom. The molecule has 1 aliphatic heterocycles. The van der Waals surface area contributed by atoms with E-state index >= 15 is 0 Å². The highest BCUT2D eigenvalue weighted by Crippen LogP contribution is 2.24. The van der Waals surface area contributed by atoms with Crippen molar-refractivity contribution in [1.29, 1.82) is 0 Å². The number of aliphatic hydroxyl groups excluding tert-OH is 1. The van der Waals surface area contributed by atoms with Crippen molar-refractivity contribution >= 4 is 11.8 Å². The van der Waals surface area contributed by atoms with Gasteiger partial charge >= 0.3 is 5.97 Å². The van der Waals surface area contributed by atoms with Crippen LogP contribution in [0.1, 0.15) is 26.2 Å². The third kappa shape index (κ3) is 2.32. The molecule has 0 saturated carbocycles. The second kappa shape index (κ2) is 5.10. The molecular formula is C10H16O4. The number of esters is 1. The molecule has 1 aliphatic rings. The fourth-order valence-electron chi connectivity index (χ4n) is 1.63. The van der Waals surface area contributed by atoms with Crippen LogP contribution in [0.2, 0.25) is 0 Å². The van der Waals surface area contributed by atoms with Gasteiger partial charge in [-0.1, -0.05) is 13.3 Å². The Kier molecular flexibility index (Phi) is 4.07. The Bertz CT molecular complexity index is 224. The smallest absolute Gasteiger partial charge is 0.316 e. The lowest BCUT2D eigenvalue weighted by atomic mass is 9.90. The van der Waals surface area contributed by atoms with Crippen LogP contribution in [-0.4, -0.2) is 30.1 Å². The summed E-state index contributed by atoms with van der Waals surface area (Å²) in [6.07, 6.45) is 2.13. The average Bonchev–Trinajstić information content (AvgIpc) is 2.56. The van der Waals surface area contributed by atoms with Crippen LogP contribution < -0.4 is 0 Å². The van der Waals surface area contributed by atoms with Crippen molar-refractivity contribution in [2.75, 3.05) is 13.2 Å². The summed E-state index contributed by atoms with van der Waals surface area (Å²) in [5.41, 5.74) is 0. The Morgan fingerprint density at radius 1 is 1.64 bits per heavy atom. The summed E-state index contributed by atoms with van der Waals surface area (Å²) in [5.74, 6) is -1.60. The van der Waals surface area contributed by atoms with E-state index < -0.39 is 11.9 Å². The lowest BCUT2D eigenvalue weighted by Crippen LogP contribution is -2.27. The molecule has 80 valence electrons. The molecule has 0 spiro atoms. The first-order valence-corrected chi connectivity index (χ1v) is 5.01. The standard InChI is InChI=1S/C10H16O4/c1-2-3-4-8(12)9-7(5-11)6-14-10(9)13/h7,9,11H,2-6H2,1H3/t7-,9?/m1/s1. The zero-order chi connectivity index (χ0) is 10.6. The van der Waals surface area contributed by atoms with Crippen molar-refractivity contribution in [2.24, 2.45) is 11.8 Å². The highest BCUT2D eigenvalue weighted by Gasteiger charge is 2.40. The van der Waals surface area contributed by atoms with Gasteiger partial charge in [0.2, 0.25) is 0 Å². The summed E-state index contributed by atoms with van der Waals surface area (Å²) in [7, 11) is 0. The number of rotatable bonds is 5. The van der Waals surface area contributed by atoms with Crippen LogP contribution in [0.3, 0.4) is 0 Å². The molecule has 1 saturated heterocycles. The van der Waals surface area contributed by atoms with E-state index in [0.29, 0.717) is 6.42 Å². The minimum Gasteiger partial charge on any atom is -0.465 e. The van der Waals surface area contributed by atoms with Crippen LogP contribution in [0, 0.1) is 11.8 Å². The van der Waals surface area contributed by atoms with Crippen molar-refractivity contribution in [3.8, 4) is 0 Å². The van der Waals surface area contributed by atoms with E-state index in [1.54, 1.807) is 0 Å². The lowest BCUT2D eigenvalue weighted by molar-refractivity contribution is -0.144. The molecule has 1 rings (SSSR count). The maximum Gasteiger partial charge on any atom is 0.316 e. The Morgan fingerprint density at radius 3 is 2.93 bits per heavy atom. The molecule has 2 atom stereocenters. The van der Waals surface area contributed by atoms with Crippen LogP contribution >= 0.6 is 0 Å². The van der Waals surface area contributed by atoms with Gasteiger partial charge in [-0.15, -0.1) is 0 Å². The molecule has 1 unspecified atom stereocenters. The zero-order valence-electron chi connectivity index (χ0n) is 8.36. The van der Waals surface area contributed by atoms with Crippen molar-refractivity contribution in [3.63, 3.8) is 0 Å². The molecule has 0 aromatic carbocycles. The quantitative estimate of drug-likeness (QED) is 0.519. The molecule has 0 aromatic heterocycles. The normalized spacial score (nSPS) is 26.3. The van der Waals surface area contributed by atoms with E-state index in [1.807, 2.05) is 6.92 Å². The van der Waals surface area contributed by atoms with Crippen LogP contribution in [-0.2, 0) is 14.3 Å². The van der Waals surface area contributed by atoms with Crippen LogP contribution in [0.15, 0.2) is 0 Å². The van der Waals surface area contributed by atoms with Gasteiger partial charge < -0.3 is 9.84 Å². The summed E-state index contributed by atoms with van der Waals surface area (Å²) >= 11 is 0. The molecule has 14 heavy (non-hydrogen) atoms. The second-order valence-corrected chi connectivity index (χ2v) is 3.62. The molecule has 4 heteroatoms. The number of unbranched alkanes of at least 4 members (excludes halogenated alkanes) is 1. The van der Waals surface area contributed by atoms with E-state index in [0.717, 1.165) is 12.8 Å². The summed E-state index contributed by atoms with van der Waals surface area (Å²) in [6.45, 7) is 2.01. The van der Waals surface area contributed by atoms with E-state index in [-0.39, 0.29) is 24.9 Å². The number of carbonyl (C=O) groups is 2. The number of cyclic esters (lactones) is 1. The third-order valence-electron chi connectivity index (χ3n) is 2.52. The predicted octanol–water partition coefficient (Wildman–Crippen LogP) is 0.527. The van der Waals surface area contributed by atoms with E-state index in [4.69, 9.17) is 9.84 Å². The van der Waals surface area contributed by atoms with E-state index in [9.17, 15) is 9.59 Å². The van der Waals surface area contributed by atoms with Gasteiger partial charge in [0.15, 0.2) is 0 Å². The van der Waals surface area contributed by atoms with Gasteiger partial charge in [-0.05, 0) is 6.42 Å². The van der Waals surface area contributed by atoms with Crippen LogP contribution in [0.4, 0.5) is 0 Å². The SMILES string of the molecule is CCCCC(=O)C1C(=O)OC[C@H]1CO. The number of ether oxygens (including phenoxy) is 1. The summed E-state index contributed by atoms with van der Waals surface area (Å²) in [6, 6.07) is 0. The molecular weight excluding hydrogens is 184 g/mol. The van der Waals surface area contributed by atoms with Gasteiger partial charge in [-0.3, -0.25) is 9.59 Å². The highest BCUT2D eigenvalue weighted by atomic mass is 16.5. The summed E-state index contributed by atoms with van der Waals surface area (Å²) in [5, 5.41) is 8.94. The molecule has 0 aromatic rings. The number of Topliss-reactive ketones (excluding diaryl/α,β-unsaturated/α-hetero) is 1. The molecule has 1 N–H and O–H groups in total. The first-order valence-electron chi connectivity index (χ1n) is 5.01. The first kappa shape index (κ1) is 11.2. The predicted molar refractivity (Wildman–Crippen MR) is 49.6 cm³/mol. The number of aliphatic hydroxyl groups is 1. The number of hydrogen-bond acceptors (Lipinski definition) is 4. The third-order valence-corrected chi connectivity index (χ3v) is 2.52. The van der Waals surface area contributed by atoms with Gasteiger partial charge in [0.1, 0.15) is 11.7 Å². The first-order chi connectivity index (χ1) is 6.70. The average molecular weight is 200 g/mol. The van der Waals surface area contributed by atoms with Crippen molar-refractivity contribution in [1.82, 2.24) is 0 Å². The molecule has 0 aliphatic carbocycles. The fourth-order valence-corrected chi connectivity index (χ4v) is 1.63. The molecule has 0 bridgehead atoms. The second-order valence-electron chi connectivity index (χ2n) is 3.62. The lowest BCUT2D eigenvalue weighted by Gasteiger charge is -2.10. The van der Waals surface area contributed by atoms with Gasteiger partial charge in [-0.2, -0.15) is 0 Å². The zero-order valence-corrected chi connectivity index (χ0v) is 8.36. The number of hydrogen-bond donors (Lipinski definition) is 1. The molecule has 0 radical (unpaired) electrons. The van der Waals surface area contributed by atoms with Crippen molar-refractivity contribution < 1.29 is 19.4 Å². The minimum absolute atomic E-state index is 0.0894. The van der Waals surface area contributed by atoms with Gasteiger partial charge in [0, 0.05) is 12.3 Å². The maximum atomic E-state index is 11.6. The number of carbonyl (C=O) groups excluding carboxylic acids is 2. The van der Waals surface area contributed by atoms with Crippen LogP contribution in [0.5, 0.6) is 0 Å². The Labute approximate surface area is 83.2 Å². The topological polar surface area (TPSA) is 63.6 Å². The Balaban J connectivity index is 2.54. The summed E-state index contributed by atoms with van der Waals surface area (Å²) in [4.78, 5) is 22.8. The molecule has 1 heterocycles. The summed E-state index contributed by atoms with van der Waals surface area (Å²) < 4.78 is 4.75. The van der Waals surface area contributed by atoms with Gasteiger partial charge in [0.05, 0.1) is 13.2 Å². The van der Waals surface area contributed by atoms with Crippen molar-refractivity contribution in [2.45, 2.75) is 26.2 Å². The Hall–Kier alpha value is -0.900. The number of ketones is 1. The largest absolute Gasteiger partial charge is 0.465 e.